The van der Waals surface area contributed by atoms with E-state index in [0.717, 1.165) is 16.9 Å². The largest absolute Gasteiger partial charge is 0.489 e. The summed E-state index contributed by atoms with van der Waals surface area (Å²) >= 11 is 0. The van der Waals surface area contributed by atoms with Gasteiger partial charge in [0.25, 0.3) is 0 Å². The van der Waals surface area contributed by atoms with E-state index >= 15 is 0 Å². The Labute approximate surface area is 126 Å². The van der Waals surface area contributed by atoms with Crippen molar-refractivity contribution in [3.63, 3.8) is 0 Å². The van der Waals surface area contributed by atoms with Crippen LogP contribution < -0.4 is 10.5 Å². The molecule has 2 aromatic carbocycles. The second kappa shape index (κ2) is 6.00. The van der Waals surface area contributed by atoms with Crippen LogP contribution in [0.1, 0.15) is 37.5 Å². The van der Waals surface area contributed by atoms with Crippen LogP contribution in [-0.4, -0.2) is 5.84 Å². The lowest BCUT2D eigenvalue weighted by molar-refractivity contribution is 0.306. The van der Waals surface area contributed by atoms with Crippen molar-refractivity contribution in [3.8, 4) is 5.75 Å². The third kappa shape index (κ3) is 4.09. The van der Waals surface area contributed by atoms with E-state index < -0.39 is 0 Å². The van der Waals surface area contributed by atoms with Gasteiger partial charge >= 0.3 is 0 Å². The first-order chi connectivity index (χ1) is 9.86. The molecule has 3 N–H and O–H groups in total. The minimum absolute atomic E-state index is 0.0836. The number of ether oxygens (including phenoxy) is 1. The standard InChI is InChI=1S/C18H22N2O/c1-18(2,3)15-8-10-16(11-9-15)21-12-13-4-6-14(7-5-13)17(19)20/h4-11H,12H2,1-3H3,(H3,19,20). The average Bonchev–Trinajstić information content (AvgIpc) is 2.45. The van der Waals surface area contributed by atoms with Crippen LogP contribution in [0.3, 0.4) is 0 Å². The SMILES string of the molecule is CC(C)(C)c1ccc(OCc2ccc(C(=N)N)cc2)cc1. The Bertz CT molecular complexity index is 607. The molecule has 0 amide bonds. The van der Waals surface area contributed by atoms with Crippen molar-refractivity contribution < 1.29 is 4.74 Å². The fourth-order valence-corrected chi connectivity index (χ4v) is 2.00. The molecular weight excluding hydrogens is 260 g/mol. The molecule has 0 spiro atoms. The third-order valence-corrected chi connectivity index (χ3v) is 3.39. The number of nitrogen functional groups attached to an aromatic ring is 1. The van der Waals surface area contributed by atoms with Crippen LogP contribution in [0.4, 0.5) is 0 Å². The average molecular weight is 282 g/mol. The van der Waals surface area contributed by atoms with Crippen LogP contribution in [0.15, 0.2) is 48.5 Å². The van der Waals surface area contributed by atoms with Gasteiger partial charge in [0, 0.05) is 5.56 Å². The third-order valence-electron chi connectivity index (χ3n) is 3.39. The van der Waals surface area contributed by atoms with E-state index in [0.29, 0.717) is 6.61 Å². The Balaban J connectivity index is 1.98. The van der Waals surface area contributed by atoms with Crippen molar-refractivity contribution in [2.24, 2.45) is 5.73 Å². The van der Waals surface area contributed by atoms with Crippen LogP contribution in [0.25, 0.3) is 0 Å². The lowest BCUT2D eigenvalue weighted by Gasteiger charge is -2.19. The van der Waals surface area contributed by atoms with Gasteiger partial charge in [-0.15, -0.1) is 0 Å². The Morgan fingerprint density at radius 2 is 1.57 bits per heavy atom. The summed E-state index contributed by atoms with van der Waals surface area (Å²) in [6, 6.07) is 15.8. The van der Waals surface area contributed by atoms with E-state index in [1.165, 1.54) is 5.56 Å². The molecule has 21 heavy (non-hydrogen) atoms. The van der Waals surface area contributed by atoms with E-state index in [9.17, 15) is 0 Å². The maximum Gasteiger partial charge on any atom is 0.122 e. The fraction of sp³-hybridized carbons (Fsp3) is 0.278. The summed E-state index contributed by atoms with van der Waals surface area (Å²) < 4.78 is 5.78. The van der Waals surface area contributed by atoms with Crippen molar-refractivity contribution in [2.75, 3.05) is 0 Å². The van der Waals surface area contributed by atoms with E-state index in [4.69, 9.17) is 15.9 Å². The van der Waals surface area contributed by atoms with Crippen LogP contribution in [0.5, 0.6) is 5.75 Å². The van der Waals surface area contributed by atoms with Crippen molar-refractivity contribution >= 4 is 5.84 Å². The number of nitrogens with one attached hydrogen (secondary N) is 1. The minimum atomic E-state index is 0.0836. The number of amidine groups is 1. The molecule has 0 saturated heterocycles. The first-order valence-electron chi connectivity index (χ1n) is 7.03. The van der Waals surface area contributed by atoms with Gasteiger partial charge in [0.1, 0.15) is 18.2 Å². The predicted octanol–water partition coefficient (Wildman–Crippen LogP) is 3.85. The van der Waals surface area contributed by atoms with E-state index in [2.05, 4.69) is 32.9 Å². The predicted molar refractivity (Wildman–Crippen MR) is 86.9 cm³/mol. The molecule has 110 valence electrons. The van der Waals surface area contributed by atoms with Crippen molar-refractivity contribution in [2.45, 2.75) is 32.8 Å². The molecule has 0 aliphatic rings. The quantitative estimate of drug-likeness (QED) is 0.661. The molecule has 0 aliphatic heterocycles. The fourth-order valence-electron chi connectivity index (χ4n) is 2.00. The Kier molecular flexibility index (Phi) is 4.32. The molecule has 0 radical (unpaired) electrons. The number of nitrogens with two attached hydrogens (primary N) is 1. The number of benzene rings is 2. The highest BCUT2D eigenvalue weighted by atomic mass is 16.5. The topological polar surface area (TPSA) is 59.1 Å². The van der Waals surface area contributed by atoms with Crippen LogP contribution in [-0.2, 0) is 12.0 Å². The van der Waals surface area contributed by atoms with Gasteiger partial charge in [0.15, 0.2) is 0 Å². The first-order valence-corrected chi connectivity index (χ1v) is 7.03. The Morgan fingerprint density at radius 1 is 1.00 bits per heavy atom. The second-order valence-electron chi connectivity index (χ2n) is 6.17. The van der Waals surface area contributed by atoms with E-state index in [1.807, 2.05) is 36.4 Å². The summed E-state index contributed by atoms with van der Waals surface area (Å²) in [6.07, 6.45) is 0. The Hall–Kier alpha value is -2.29. The zero-order valence-electron chi connectivity index (χ0n) is 12.8. The molecule has 0 aliphatic carbocycles. The van der Waals surface area contributed by atoms with Gasteiger partial charge in [-0.25, -0.2) is 0 Å². The van der Waals surface area contributed by atoms with Gasteiger partial charge in [-0.2, -0.15) is 0 Å². The van der Waals surface area contributed by atoms with Gasteiger partial charge in [-0.1, -0.05) is 57.2 Å². The molecular formula is C18H22N2O. The molecule has 2 aromatic rings. The lowest BCUT2D eigenvalue weighted by Crippen LogP contribution is -2.11. The maximum absolute atomic E-state index is 7.36. The number of hydrogen-bond donors (Lipinski definition) is 2. The highest BCUT2D eigenvalue weighted by Crippen LogP contribution is 2.24. The van der Waals surface area contributed by atoms with Gasteiger partial charge in [-0.05, 0) is 28.7 Å². The number of rotatable bonds is 4. The summed E-state index contributed by atoms with van der Waals surface area (Å²) in [5, 5.41) is 7.36. The maximum atomic E-state index is 7.36. The summed E-state index contributed by atoms with van der Waals surface area (Å²) in [7, 11) is 0. The van der Waals surface area contributed by atoms with Gasteiger partial charge in [0.2, 0.25) is 0 Å². The van der Waals surface area contributed by atoms with Gasteiger partial charge in [-0.3, -0.25) is 5.41 Å². The zero-order valence-corrected chi connectivity index (χ0v) is 12.8. The zero-order chi connectivity index (χ0) is 15.5. The summed E-state index contributed by atoms with van der Waals surface area (Å²) in [5.41, 5.74) is 8.66. The first kappa shape index (κ1) is 15.1. The van der Waals surface area contributed by atoms with Crippen molar-refractivity contribution in [1.82, 2.24) is 0 Å². The van der Waals surface area contributed by atoms with E-state index in [1.54, 1.807) is 0 Å². The highest BCUT2D eigenvalue weighted by molar-refractivity contribution is 5.94. The molecule has 3 nitrogen and oxygen atoms in total. The molecule has 3 heteroatoms. The van der Waals surface area contributed by atoms with Gasteiger partial charge in [0.05, 0.1) is 0 Å². The lowest BCUT2D eigenvalue weighted by atomic mass is 9.87. The van der Waals surface area contributed by atoms with Crippen molar-refractivity contribution in [1.29, 1.82) is 5.41 Å². The smallest absolute Gasteiger partial charge is 0.122 e. The van der Waals surface area contributed by atoms with Crippen LogP contribution in [0, 0.1) is 5.41 Å². The summed E-state index contributed by atoms with van der Waals surface area (Å²) in [5.74, 6) is 0.943. The molecule has 2 rings (SSSR count). The molecule has 0 fully saturated rings. The second-order valence-corrected chi connectivity index (χ2v) is 6.17. The monoisotopic (exact) mass is 282 g/mol. The van der Waals surface area contributed by atoms with E-state index in [-0.39, 0.29) is 11.3 Å². The summed E-state index contributed by atoms with van der Waals surface area (Å²) in [4.78, 5) is 0. The van der Waals surface area contributed by atoms with Crippen molar-refractivity contribution in [3.05, 3.63) is 65.2 Å². The van der Waals surface area contributed by atoms with Crippen LogP contribution in [0.2, 0.25) is 0 Å². The molecule has 0 aromatic heterocycles. The highest BCUT2D eigenvalue weighted by Gasteiger charge is 2.12. The normalized spacial score (nSPS) is 11.2. The number of hydrogen-bond acceptors (Lipinski definition) is 2. The molecule has 0 saturated carbocycles. The molecule has 0 unspecified atom stereocenters. The van der Waals surface area contributed by atoms with Gasteiger partial charge < -0.3 is 10.5 Å². The minimum Gasteiger partial charge on any atom is -0.489 e. The Morgan fingerprint density at radius 3 is 2.05 bits per heavy atom. The molecule has 0 atom stereocenters. The van der Waals surface area contributed by atoms with Crippen LogP contribution >= 0.6 is 0 Å². The molecule has 0 heterocycles. The summed E-state index contributed by atoms with van der Waals surface area (Å²) in [6.45, 7) is 7.09. The molecule has 0 bridgehead atoms.